The minimum atomic E-state index is -0.488. The molecule has 1 aromatic carbocycles. The monoisotopic (exact) mass is 260 g/mol. The van der Waals surface area contributed by atoms with Gasteiger partial charge < -0.3 is 10.1 Å². The quantitative estimate of drug-likeness (QED) is 0.908. The first-order valence-electron chi connectivity index (χ1n) is 6.29. The first kappa shape index (κ1) is 15.0. The number of nitrogens with one attached hydrogen (secondary N) is 1. The summed E-state index contributed by atoms with van der Waals surface area (Å²) in [6.07, 6.45) is 0.291. The van der Waals surface area contributed by atoms with E-state index in [2.05, 4.69) is 11.4 Å². The summed E-state index contributed by atoms with van der Waals surface area (Å²) in [5.41, 5.74) is 1.22. The number of carbonyl (C=O) groups is 1. The summed E-state index contributed by atoms with van der Waals surface area (Å²) in [5.74, 6) is 0. The second kappa shape index (κ2) is 6.24. The number of rotatable bonds is 3. The van der Waals surface area contributed by atoms with Crippen LogP contribution in [0.3, 0.4) is 0 Å². The van der Waals surface area contributed by atoms with E-state index in [9.17, 15) is 4.79 Å². The van der Waals surface area contributed by atoms with Gasteiger partial charge in [0.25, 0.3) is 0 Å². The molecule has 0 saturated carbocycles. The molecule has 1 N–H and O–H groups in total. The smallest absolute Gasteiger partial charge is 0.407 e. The fourth-order valence-electron chi connectivity index (χ4n) is 1.63. The topological polar surface area (TPSA) is 62.1 Å². The van der Waals surface area contributed by atoms with Crippen molar-refractivity contribution in [2.45, 2.75) is 45.8 Å². The maximum absolute atomic E-state index is 11.6. The van der Waals surface area contributed by atoms with Crippen molar-refractivity contribution in [1.82, 2.24) is 5.32 Å². The molecule has 102 valence electrons. The molecule has 1 unspecified atom stereocenters. The van der Waals surface area contributed by atoms with Crippen LogP contribution in [0, 0.1) is 11.3 Å². The van der Waals surface area contributed by atoms with Crippen LogP contribution in [0.1, 0.15) is 38.8 Å². The van der Waals surface area contributed by atoms with Crippen LogP contribution in [0.15, 0.2) is 24.3 Å². The highest BCUT2D eigenvalue weighted by Crippen LogP contribution is 2.09. The number of hydrogen-bond donors (Lipinski definition) is 1. The van der Waals surface area contributed by atoms with Crippen molar-refractivity contribution in [3.05, 3.63) is 35.4 Å². The van der Waals surface area contributed by atoms with Gasteiger partial charge >= 0.3 is 6.09 Å². The highest BCUT2D eigenvalue weighted by atomic mass is 16.6. The zero-order valence-corrected chi connectivity index (χ0v) is 11.9. The van der Waals surface area contributed by atoms with Crippen molar-refractivity contribution in [3.8, 4) is 6.07 Å². The summed E-state index contributed by atoms with van der Waals surface area (Å²) in [7, 11) is 0. The predicted molar refractivity (Wildman–Crippen MR) is 73.7 cm³/mol. The second-order valence-corrected chi connectivity index (χ2v) is 5.56. The van der Waals surface area contributed by atoms with Gasteiger partial charge in [-0.15, -0.1) is 0 Å². The molecule has 0 fully saturated rings. The number of benzene rings is 1. The van der Waals surface area contributed by atoms with E-state index in [1.165, 1.54) is 0 Å². The fraction of sp³-hybridized carbons (Fsp3) is 0.467. The van der Waals surface area contributed by atoms with Gasteiger partial charge in [0.1, 0.15) is 5.60 Å². The molecule has 1 aromatic rings. The molecule has 4 heteroatoms. The van der Waals surface area contributed by atoms with Gasteiger partial charge in [-0.2, -0.15) is 5.26 Å². The van der Waals surface area contributed by atoms with Crippen molar-refractivity contribution in [2.75, 3.05) is 0 Å². The minimum Gasteiger partial charge on any atom is -0.444 e. The van der Waals surface area contributed by atoms with Gasteiger partial charge in [0.15, 0.2) is 0 Å². The van der Waals surface area contributed by atoms with Crippen LogP contribution in [0.2, 0.25) is 0 Å². The molecule has 1 atom stereocenters. The Kier molecular flexibility index (Phi) is 4.94. The summed E-state index contributed by atoms with van der Waals surface area (Å²) < 4.78 is 5.19. The summed E-state index contributed by atoms with van der Waals surface area (Å²) in [5, 5.41) is 11.5. The molecule has 1 amide bonds. The van der Waals surface area contributed by atoms with E-state index < -0.39 is 11.7 Å². The van der Waals surface area contributed by atoms with Crippen LogP contribution in [0.5, 0.6) is 0 Å². The third-order valence-electron chi connectivity index (χ3n) is 2.39. The van der Waals surface area contributed by atoms with E-state index in [0.29, 0.717) is 12.0 Å². The van der Waals surface area contributed by atoms with Gasteiger partial charge in [-0.05, 0) is 51.8 Å². The van der Waals surface area contributed by atoms with Crippen molar-refractivity contribution in [1.29, 1.82) is 5.26 Å². The van der Waals surface area contributed by atoms with Crippen molar-refractivity contribution in [3.63, 3.8) is 0 Å². The Morgan fingerprint density at radius 1 is 1.37 bits per heavy atom. The SMILES string of the molecule is CC(Cc1ccc(C#N)cc1)NC(=O)OC(C)(C)C. The van der Waals surface area contributed by atoms with Gasteiger partial charge in [0.2, 0.25) is 0 Å². The maximum Gasteiger partial charge on any atom is 0.407 e. The molecule has 1 rings (SSSR count). The van der Waals surface area contributed by atoms with E-state index in [4.69, 9.17) is 10.00 Å². The molecule has 0 aliphatic rings. The highest BCUT2D eigenvalue weighted by molar-refractivity contribution is 5.68. The molecule has 0 radical (unpaired) electrons. The lowest BCUT2D eigenvalue weighted by Gasteiger charge is -2.22. The minimum absolute atomic E-state index is 0.0252. The third-order valence-corrected chi connectivity index (χ3v) is 2.39. The molecule has 0 aromatic heterocycles. The Balaban J connectivity index is 2.48. The van der Waals surface area contributed by atoms with E-state index >= 15 is 0 Å². The van der Waals surface area contributed by atoms with Crippen LogP contribution < -0.4 is 5.32 Å². The van der Waals surface area contributed by atoms with Gasteiger partial charge in [-0.1, -0.05) is 12.1 Å². The molecular weight excluding hydrogens is 240 g/mol. The summed E-state index contributed by atoms with van der Waals surface area (Å²) in [6, 6.07) is 9.39. The van der Waals surface area contributed by atoms with Crippen LogP contribution in [-0.2, 0) is 11.2 Å². The third kappa shape index (κ3) is 5.91. The second-order valence-electron chi connectivity index (χ2n) is 5.56. The number of nitrogens with zero attached hydrogens (tertiary/aromatic N) is 1. The summed E-state index contributed by atoms with van der Waals surface area (Å²) >= 11 is 0. The van der Waals surface area contributed by atoms with Crippen LogP contribution in [-0.4, -0.2) is 17.7 Å². The molecule has 0 bridgehead atoms. The molecule has 0 aliphatic carbocycles. The molecule has 0 heterocycles. The fourth-order valence-corrected chi connectivity index (χ4v) is 1.63. The largest absolute Gasteiger partial charge is 0.444 e. The molecule has 4 nitrogen and oxygen atoms in total. The maximum atomic E-state index is 11.6. The first-order valence-corrected chi connectivity index (χ1v) is 6.29. The van der Waals surface area contributed by atoms with Crippen LogP contribution in [0.4, 0.5) is 4.79 Å². The lowest BCUT2D eigenvalue weighted by Crippen LogP contribution is -2.38. The van der Waals surface area contributed by atoms with Crippen molar-refractivity contribution >= 4 is 6.09 Å². The highest BCUT2D eigenvalue weighted by Gasteiger charge is 2.17. The lowest BCUT2D eigenvalue weighted by molar-refractivity contribution is 0.0508. The Morgan fingerprint density at radius 3 is 2.42 bits per heavy atom. The summed E-state index contributed by atoms with van der Waals surface area (Å²) in [6.45, 7) is 7.41. The molecule has 19 heavy (non-hydrogen) atoms. The summed E-state index contributed by atoms with van der Waals surface area (Å²) in [4.78, 5) is 11.6. The van der Waals surface area contributed by atoms with Gasteiger partial charge in [-0.3, -0.25) is 0 Å². The normalized spacial score (nSPS) is 12.4. The molecule has 0 spiro atoms. The number of ether oxygens (including phenoxy) is 1. The van der Waals surface area contributed by atoms with E-state index in [1.807, 2.05) is 39.8 Å². The lowest BCUT2D eigenvalue weighted by atomic mass is 10.1. The first-order chi connectivity index (χ1) is 8.80. The average Bonchev–Trinajstić information content (AvgIpc) is 2.27. The number of hydrogen-bond acceptors (Lipinski definition) is 3. The average molecular weight is 260 g/mol. The van der Waals surface area contributed by atoms with E-state index in [0.717, 1.165) is 5.56 Å². The zero-order chi connectivity index (χ0) is 14.5. The number of nitriles is 1. The van der Waals surface area contributed by atoms with Crippen molar-refractivity contribution < 1.29 is 9.53 Å². The zero-order valence-electron chi connectivity index (χ0n) is 11.9. The van der Waals surface area contributed by atoms with Crippen molar-refractivity contribution in [2.24, 2.45) is 0 Å². The Hall–Kier alpha value is -2.02. The van der Waals surface area contributed by atoms with Gasteiger partial charge in [0.05, 0.1) is 11.6 Å². The Morgan fingerprint density at radius 2 is 1.95 bits per heavy atom. The number of alkyl carbamates (subject to hydrolysis) is 1. The standard InChI is InChI=1S/C15H20N2O2/c1-11(17-14(18)19-15(2,3)4)9-12-5-7-13(10-16)8-6-12/h5-8,11H,9H2,1-4H3,(H,17,18). The van der Waals surface area contributed by atoms with E-state index in [-0.39, 0.29) is 6.04 Å². The van der Waals surface area contributed by atoms with Gasteiger partial charge in [0, 0.05) is 6.04 Å². The van der Waals surface area contributed by atoms with E-state index in [1.54, 1.807) is 12.1 Å². The molecule has 0 aliphatic heterocycles. The Bertz CT molecular complexity index is 466. The number of amides is 1. The molecular formula is C15H20N2O2. The predicted octanol–water partition coefficient (Wildman–Crippen LogP) is 3.01. The Labute approximate surface area is 114 Å². The number of carbonyl (C=O) groups excluding carboxylic acids is 1. The molecule has 0 saturated heterocycles. The van der Waals surface area contributed by atoms with Gasteiger partial charge in [-0.25, -0.2) is 4.79 Å². The van der Waals surface area contributed by atoms with Crippen LogP contribution >= 0.6 is 0 Å². The van der Waals surface area contributed by atoms with Crippen LogP contribution in [0.25, 0.3) is 0 Å².